The lowest BCUT2D eigenvalue weighted by molar-refractivity contribution is -0.0656. The van der Waals surface area contributed by atoms with Gasteiger partial charge in [-0.05, 0) is 50.1 Å². The van der Waals surface area contributed by atoms with Crippen molar-refractivity contribution in [1.82, 2.24) is 4.90 Å². The van der Waals surface area contributed by atoms with Crippen LogP contribution in [-0.2, 0) is 4.74 Å². The van der Waals surface area contributed by atoms with Gasteiger partial charge in [-0.1, -0.05) is 20.8 Å². The minimum atomic E-state index is 0.193. The van der Waals surface area contributed by atoms with E-state index in [1.165, 1.54) is 32.4 Å². The standard InChI is InChI=1S/C15H30N2O/c1-13-11-18-10-7-15(13,12-16)17-8-4-5-14(2,3)6-9-17/h13H,4-12,16H2,1-3H3. The van der Waals surface area contributed by atoms with E-state index in [1.54, 1.807) is 0 Å². The molecule has 2 unspecified atom stereocenters. The summed E-state index contributed by atoms with van der Waals surface area (Å²) in [5.74, 6) is 0.553. The molecule has 3 nitrogen and oxygen atoms in total. The second-order valence-corrected chi connectivity index (χ2v) is 7.04. The molecule has 2 rings (SSSR count). The third-order valence-corrected chi connectivity index (χ3v) is 5.29. The number of nitrogens with zero attached hydrogens (tertiary/aromatic N) is 1. The Morgan fingerprint density at radius 3 is 2.67 bits per heavy atom. The molecule has 2 heterocycles. The van der Waals surface area contributed by atoms with E-state index in [4.69, 9.17) is 10.5 Å². The van der Waals surface area contributed by atoms with Crippen LogP contribution in [0.15, 0.2) is 0 Å². The van der Waals surface area contributed by atoms with Gasteiger partial charge in [-0.25, -0.2) is 0 Å². The summed E-state index contributed by atoms with van der Waals surface area (Å²) in [6, 6.07) is 0. The van der Waals surface area contributed by atoms with Crippen molar-refractivity contribution in [2.45, 2.75) is 52.0 Å². The normalized spacial score (nSPS) is 38.3. The summed E-state index contributed by atoms with van der Waals surface area (Å²) in [6.07, 6.45) is 5.05. The van der Waals surface area contributed by atoms with Crippen molar-refractivity contribution in [2.75, 3.05) is 32.8 Å². The van der Waals surface area contributed by atoms with E-state index in [-0.39, 0.29) is 5.54 Å². The molecule has 2 atom stereocenters. The predicted molar refractivity (Wildman–Crippen MR) is 75.6 cm³/mol. The summed E-state index contributed by atoms with van der Waals surface area (Å²) < 4.78 is 5.62. The molecule has 2 N–H and O–H groups in total. The van der Waals surface area contributed by atoms with Gasteiger partial charge in [0.15, 0.2) is 0 Å². The van der Waals surface area contributed by atoms with Gasteiger partial charge in [0.25, 0.3) is 0 Å². The summed E-state index contributed by atoms with van der Waals surface area (Å²) in [6.45, 7) is 12.1. The molecule has 0 spiro atoms. The van der Waals surface area contributed by atoms with E-state index in [1.807, 2.05) is 0 Å². The second-order valence-electron chi connectivity index (χ2n) is 7.04. The van der Waals surface area contributed by atoms with Crippen LogP contribution in [0.3, 0.4) is 0 Å². The molecule has 0 aromatic carbocycles. The molecule has 18 heavy (non-hydrogen) atoms. The van der Waals surface area contributed by atoms with E-state index < -0.39 is 0 Å². The minimum Gasteiger partial charge on any atom is -0.381 e. The largest absolute Gasteiger partial charge is 0.381 e. The zero-order valence-electron chi connectivity index (χ0n) is 12.4. The molecule has 0 aromatic rings. The Balaban J connectivity index is 2.12. The van der Waals surface area contributed by atoms with Crippen molar-refractivity contribution in [2.24, 2.45) is 17.1 Å². The Labute approximate surface area is 112 Å². The van der Waals surface area contributed by atoms with Gasteiger partial charge in [0.1, 0.15) is 0 Å². The van der Waals surface area contributed by atoms with Gasteiger partial charge in [0.05, 0.1) is 6.61 Å². The topological polar surface area (TPSA) is 38.5 Å². The van der Waals surface area contributed by atoms with Gasteiger partial charge in [-0.3, -0.25) is 4.90 Å². The number of ether oxygens (including phenoxy) is 1. The lowest BCUT2D eigenvalue weighted by Crippen LogP contribution is -2.61. The Morgan fingerprint density at radius 1 is 1.22 bits per heavy atom. The molecule has 3 heteroatoms. The molecule has 0 aliphatic carbocycles. The van der Waals surface area contributed by atoms with Crippen molar-refractivity contribution in [3.8, 4) is 0 Å². The highest BCUT2D eigenvalue weighted by atomic mass is 16.5. The summed E-state index contributed by atoms with van der Waals surface area (Å²) >= 11 is 0. The van der Waals surface area contributed by atoms with Gasteiger partial charge in [0.2, 0.25) is 0 Å². The van der Waals surface area contributed by atoms with Crippen LogP contribution in [0.5, 0.6) is 0 Å². The first-order valence-electron chi connectivity index (χ1n) is 7.53. The summed E-state index contributed by atoms with van der Waals surface area (Å²) in [7, 11) is 0. The molecule has 0 amide bonds. The molecule has 0 saturated carbocycles. The maximum atomic E-state index is 6.18. The first-order valence-corrected chi connectivity index (χ1v) is 7.53. The average molecular weight is 254 g/mol. The summed E-state index contributed by atoms with van der Waals surface area (Å²) in [4.78, 5) is 2.69. The van der Waals surface area contributed by atoms with Crippen LogP contribution < -0.4 is 5.73 Å². The van der Waals surface area contributed by atoms with Crippen molar-refractivity contribution in [1.29, 1.82) is 0 Å². The zero-order valence-corrected chi connectivity index (χ0v) is 12.4. The highest BCUT2D eigenvalue weighted by molar-refractivity contribution is 4.99. The van der Waals surface area contributed by atoms with Crippen LogP contribution in [0, 0.1) is 11.3 Å². The van der Waals surface area contributed by atoms with Crippen LogP contribution in [-0.4, -0.2) is 43.3 Å². The molecule has 106 valence electrons. The van der Waals surface area contributed by atoms with Gasteiger partial charge >= 0.3 is 0 Å². The molecule has 2 aliphatic rings. The minimum absolute atomic E-state index is 0.193. The van der Waals surface area contributed by atoms with Gasteiger partial charge in [-0.15, -0.1) is 0 Å². The third kappa shape index (κ3) is 2.73. The molecule has 2 saturated heterocycles. The van der Waals surface area contributed by atoms with Gasteiger partial charge in [0, 0.05) is 18.7 Å². The number of nitrogens with two attached hydrogens (primary N) is 1. The van der Waals surface area contributed by atoms with E-state index in [0.29, 0.717) is 11.3 Å². The first-order chi connectivity index (χ1) is 8.50. The first kappa shape index (κ1) is 14.3. The van der Waals surface area contributed by atoms with E-state index in [2.05, 4.69) is 25.7 Å². The van der Waals surface area contributed by atoms with Gasteiger partial charge < -0.3 is 10.5 Å². The van der Waals surface area contributed by atoms with Crippen LogP contribution in [0.2, 0.25) is 0 Å². The van der Waals surface area contributed by atoms with E-state index in [9.17, 15) is 0 Å². The van der Waals surface area contributed by atoms with Crippen LogP contribution in [0.4, 0.5) is 0 Å². The highest BCUT2D eigenvalue weighted by Gasteiger charge is 2.43. The molecule has 0 aromatic heterocycles. The fraction of sp³-hybridized carbons (Fsp3) is 1.00. The number of hydrogen-bond donors (Lipinski definition) is 1. The Kier molecular flexibility index (Phi) is 4.35. The maximum absolute atomic E-state index is 6.18. The number of rotatable bonds is 2. The van der Waals surface area contributed by atoms with Crippen molar-refractivity contribution in [3.05, 3.63) is 0 Å². The monoisotopic (exact) mass is 254 g/mol. The van der Waals surface area contributed by atoms with E-state index in [0.717, 1.165) is 26.2 Å². The molecule has 0 bridgehead atoms. The molecule has 0 radical (unpaired) electrons. The van der Waals surface area contributed by atoms with Crippen molar-refractivity contribution < 1.29 is 4.74 Å². The van der Waals surface area contributed by atoms with Crippen molar-refractivity contribution in [3.63, 3.8) is 0 Å². The number of hydrogen-bond acceptors (Lipinski definition) is 3. The maximum Gasteiger partial charge on any atom is 0.0509 e. The highest BCUT2D eigenvalue weighted by Crippen LogP contribution is 2.37. The smallest absolute Gasteiger partial charge is 0.0509 e. The molecular weight excluding hydrogens is 224 g/mol. The fourth-order valence-corrected chi connectivity index (χ4v) is 3.68. The summed E-state index contributed by atoms with van der Waals surface area (Å²) in [5.41, 5.74) is 6.87. The van der Waals surface area contributed by atoms with Crippen LogP contribution >= 0.6 is 0 Å². The molecular formula is C15H30N2O. The average Bonchev–Trinajstić information content (AvgIpc) is 2.52. The molecule has 2 aliphatic heterocycles. The second kappa shape index (κ2) is 5.48. The summed E-state index contributed by atoms with van der Waals surface area (Å²) in [5, 5.41) is 0. The van der Waals surface area contributed by atoms with Crippen molar-refractivity contribution >= 4 is 0 Å². The van der Waals surface area contributed by atoms with Crippen LogP contribution in [0.1, 0.15) is 46.5 Å². The zero-order chi connectivity index (χ0) is 13.2. The number of likely N-dealkylation sites (tertiary alicyclic amines) is 1. The third-order valence-electron chi connectivity index (χ3n) is 5.29. The van der Waals surface area contributed by atoms with E-state index >= 15 is 0 Å². The molecule has 2 fully saturated rings. The van der Waals surface area contributed by atoms with Crippen LogP contribution in [0.25, 0.3) is 0 Å². The lowest BCUT2D eigenvalue weighted by atomic mass is 9.79. The van der Waals surface area contributed by atoms with Gasteiger partial charge in [-0.2, -0.15) is 0 Å². The fourth-order valence-electron chi connectivity index (χ4n) is 3.68. The quantitative estimate of drug-likeness (QED) is 0.821. The predicted octanol–water partition coefficient (Wildman–Crippen LogP) is 2.25. The Morgan fingerprint density at radius 2 is 2.00 bits per heavy atom. The Bertz CT molecular complexity index is 280. The lowest BCUT2D eigenvalue weighted by Gasteiger charge is -2.49. The Hall–Kier alpha value is -0.120. The SMILES string of the molecule is CC1COCCC1(CN)N1CCCC(C)(C)CC1.